The average Bonchev–Trinajstić information content (AvgIpc) is 3.28. The number of aryl methyl sites for hydroxylation is 4. The molecule has 0 aliphatic carbocycles. The Labute approximate surface area is 223 Å². The van der Waals surface area contributed by atoms with Gasteiger partial charge in [-0.2, -0.15) is 0 Å². The van der Waals surface area contributed by atoms with Gasteiger partial charge in [-0.3, -0.25) is 9.59 Å². The smallest absolute Gasteiger partial charge is 0.260 e. The number of amides is 2. The van der Waals surface area contributed by atoms with Crippen molar-refractivity contribution in [1.82, 2.24) is 0 Å². The number of nitrogens with zero attached hydrogens (tertiary/aromatic N) is 2. The van der Waals surface area contributed by atoms with Gasteiger partial charge in [-0.25, -0.2) is 0 Å². The Kier molecular flexibility index (Phi) is 5.76. The van der Waals surface area contributed by atoms with Crippen LogP contribution < -0.4 is 9.80 Å². The number of benzene rings is 4. The average molecular weight is 499 g/mol. The molecular weight excluding hydrogens is 468 g/mol. The normalized spacial score (nSPS) is 16.3. The van der Waals surface area contributed by atoms with Crippen LogP contribution in [0.15, 0.2) is 84.9 Å². The lowest BCUT2D eigenvalue weighted by Gasteiger charge is -2.18. The number of carbonyl (C=O) groups excluding carboxylic acids is 2. The van der Waals surface area contributed by atoms with E-state index in [-0.39, 0.29) is 11.8 Å². The second-order valence-electron chi connectivity index (χ2n) is 10.6. The minimum Gasteiger partial charge on any atom is -0.303 e. The molecule has 0 spiro atoms. The minimum absolute atomic E-state index is 0.128. The molecule has 0 saturated heterocycles. The van der Waals surface area contributed by atoms with Gasteiger partial charge >= 0.3 is 0 Å². The molecule has 0 saturated carbocycles. The molecule has 6 rings (SSSR count). The van der Waals surface area contributed by atoms with E-state index in [9.17, 15) is 9.59 Å². The molecule has 2 aliphatic rings. The van der Waals surface area contributed by atoms with E-state index < -0.39 is 0 Å². The zero-order valence-corrected chi connectivity index (χ0v) is 22.2. The van der Waals surface area contributed by atoms with Crippen LogP contribution in [0.1, 0.15) is 44.5 Å². The molecule has 0 atom stereocenters. The van der Waals surface area contributed by atoms with Crippen molar-refractivity contribution in [1.29, 1.82) is 0 Å². The maximum atomic E-state index is 14.1. The van der Waals surface area contributed by atoms with Crippen molar-refractivity contribution < 1.29 is 9.59 Å². The third-order valence-corrected chi connectivity index (χ3v) is 7.34. The first kappa shape index (κ1) is 23.9. The Hall–Kier alpha value is -4.44. The van der Waals surface area contributed by atoms with Crippen LogP contribution in [0.25, 0.3) is 11.1 Å². The van der Waals surface area contributed by atoms with Gasteiger partial charge in [0.05, 0.1) is 35.6 Å². The molecule has 2 heterocycles. The van der Waals surface area contributed by atoms with E-state index >= 15 is 0 Å². The van der Waals surface area contributed by atoms with Gasteiger partial charge in [-0.15, -0.1) is 0 Å². The van der Waals surface area contributed by atoms with E-state index in [1.807, 2.05) is 58.3 Å². The summed E-state index contributed by atoms with van der Waals surface area (Å²) in [6.07, 6.45) is 0. The molecule has 0 bridgehead atoms. The molecule has 4 heteroatoms. The third kappa shape index (κ3) is 4.03. The van der Waals surface area contributed by atoms with Crippen LogP contribution in [0.5, 0.6) is 0 Å². The van der Waals surface area contributed by atoms with Crippen molar-refractivity contribution in [2.75, 3.05) is 9.80 Å². The highest BCUT2D eigenvalue weighted by Crippen LogP contribution is 2.47. The zero-order chi connectivity index (χ0) is 26.6. The predicted octanol–water partition coefficient (Wildman–Crippen LogP) is 6.92. The van der Waals surface area contributed by atoms with Gasteiger partial charge in [-0.05, 0) is 51.0 Å². The number of fused-ring (bicyclic) bond motifs is 2. The Morgan fingerprint density at radius 2 is 0.842 bits per heavy atom. The minimum atomic E-state index is -0.128. The fourth-order valence-corrected chi connectivity index (χ4v) is 6.04. The van der Waals surface area contributed by atoms with Gasteiger partial charge in [0.15, 0.2) is 0 Å². The van der Waals surface area contributed by atoms with Gasteiger partial charge in [0.1, 0.15) is 0 Å². The van der Waals surface area contributed by atoms with E-state index in [2.05, 4.69) is 64.1 Å². The molecule has 0 N–H and O–H groups in total. The fourth-order valence-electron chi connectivity index (χ4n) is 6.04. The van der Waals surface area contributed by atoms with Crippen LogP contribution in [0.4, 0.5) is 11.4 Å². The summed E-state index contributed by atoms with van der Waals surface area (Å²) in [5, 5.41) is 0. The molecule has 188 valence electrons. The molecule has 4 aromatic rings. The molecule has 0 unspecified atom stereocenters. The molecule has 0 aromatic heterocycles. The van der Waals surface area contributed by atoms with Gasteiger partial charge in [0.2, 0.25) is 0 Å². The van der Waals surface area contributed by atoms with Crippen LogP contribution in [-0.4, -0.2) is 11.8 Å². The van der Waals surface area contributed by atoms with E-state index in [4.69, 9.17) is 0 Å². The number of anilines is 2. The first-order chi connectivity index (χ1) is 18.3. The van der Waals surface area contributed by atoms with Crippen LogP contribution in [0.2, 0.25) is 0 Å². The lowest BCUT2D eigenvalue weighted by atomic mass is 9.96. The molecular formula is C34H30N2O2. The van der Waals surface area contributed by atoms with Gasteiger partial charge < -0.3 is 9.80 Å². The van der Waals surface area contributed by atoms with Crippen LogP contribution >= 0.6 is 0 Å². The topological polar surface area (TPSA) is 40.6 Å². The van der Waals surface area contributed by atoms with Crippen molar-refractivity contribution in [2.24, 2.45) is 0 Å². The Bertz CT molecular complexity index is 1500. The highest BCUT2D eigenvalue weighted by Gasteiger charge is 2.41. The summed E-state index contributed by atoms with van der Waals surface area (Å²) in [6.45, 7) is 9.20. The molecule has 38 heavy (non-hydrogen) atoms. The van der Waals surface area contributed by atoms with E-state index in [1.165, 1.54) is 22.3 Å². The van der Waals surface area contributed by atoms with Crippen molar-refractivity contribution in [3.05, 3.63) is 129 Å². The number of carbonyl (C=O) groups is 2. The van der Waals surface area contributed by atoms with Gasteiger partial charge in [0, 0.05) is 11.1 Å². The molecule has 2 amide bonds. The quantitative estimate of drug-likeness (QED) is 0.287. The number of para-hydroxylation sites is 2. The third-order valence-electron chi connectivity index (χ3n) is 7.34. The van der Waals surface area contributed by atoms with Crippen LogP contribution in [0, 0.1) is 27.7 Å². The summed E-state index contributed by atoms with van der Waals surface area (Å²) in [7, 11) is 0. The fraction of sp³-hybridized carbons (Fsp3) is 0.176. The highest BCUT2D eigenvalue weighted by molar-refractivity contribution is 6.49. The summed E-state index contributed by atoms with van der Waals surface area (Å²) >= 11 is 0. The van der Waals surface area contributed by atoms with Gasteiger partial charge in [-0.1, -0.05) is 95.1 Å². The lowest BCUT2D eigenvalue weighted by Crippen LogP contribution is -2.28. The molecule has 2 aliphatic heterocycles. The van der Waals surface area contributed by atoms with Crippen molar-refractivity contribution >= 4 is 34.3 Å². The maximum Gasteiger partial charge on any atom is 0.260 e. The Morgan fingerprint density at radius 3 is 1.21 bits per heavy atom. The summed E-state index contributed by atoms with van der Waals surface area (Å²) in [5.74, 6) is -0.256. The van der Waals surface area contributed by atoms with Crippen LogP contribution in [0.3, 0.4) is 0 Å². The molecule has 0 radical (unpaired) electrons. The SMILES string of the molecule is Cc1cc(C)cc(CN2C(=O)/C(=C3/C(=O)N(Cc4cc(C)cc(C)c4)c4ccccc43)c3ccccc32)c1. The first-order valence-electron chi connectivity index (χ1n) is 13.0. The van der Waals surface area contributed by atoms with E-state index in [0.717, 1.165) is 33.6 Å². The zero-order valence-electron chi connectivity index (χ0n) is 22.2. The van der Waals surface area contributed by atoms with Gasteiger partial charge in [0.25, 0.3) is 11.8 Å². The van der Waals surface area contributed by atoms with E-state index in [1.54, 1.807) is 0 Å². The van der Waals surface area contributed by atoms with Crippen molar-refractivity contribution in [2.45, 2.75) is 40.8 Å². The first-order valence-corrected chi connectivity index (χ1v) is 13.0. The lowest BCUT2D eigenvalue weighted by molar-refractivity contribution is -0.114. The van der Waals surface area contributed by atoms with Crippen molar-refractivity contribution in [3.8, 4) is 0 Å². The monoisotopic (exact) mass is 498 g/mol. The summed E-state index contributed by atoms with van der Waals surface area (Å²) in [4.78, 5) is 31.9. The molecule has 0 fully saturated rings. The second kappa shape index (κ2) is 9.14. The standard InChI is InChI=1S/C34H30N2O2/c1-21-13-22(2)16-25(15-21)19-35-29-11-7-5-9-27(29)31(33(35)37)32-28-10-6-8-12-30(28)36(34(32)38)20-26-17-23(3)14-24(4)18-26/h5-18H,19-20H2,1-4H3/b32-31+. The predicted molar refractivity (Wildman–Crippen MR) is 154 cm³/mol. The number of hydrogen-bond donors (Lipinski definition) is 0. The summed E-state index contributed by atoms with van der Waals surface area (Å²) < 4.78 is 0. The highest BCUT2D eigenvalue weighted by atomic mass is 16.2. The molecule has 4 nitrogen and oxygen atoms in total. The van der Waals surface area contributed by atoms with Crippen LogP contribution in [-0.2, 0) is 22.7 Å². The number of hydrogen-bond acceptors (Lipinski definition) is 2. The van der Waals surface area contributed by atoms with Crippen molar-refractivity contribution in [3.63, 3.8) is 0 Å². The van der Waals surface area contributed by atoms with E-state index in [0.29, 0.717) is 24.2 Å². The second-order valence-corrected chi connectivity index (χ2v) is 10.6. The maximum absolute atomic E-state index is 14.1. The Balaban J connectivity index is 1.47. The summed E-state index contributed by atoms with van der Waals surface area (Å²) in [5.41, 5.74) is 11.1. The Morgan fingerprint density at radius 1 is 0.500 bits per heavy atom. The number of rotatable bonds is 4. The summed E-state index contributed by atoms with van der Waals surface area (Å²) in [6, 6.07) is 28.4. The largest absolute Gasteiger partial charge is 0.303 e. The molecule has 4 aromatic carbocycles.